The first-order valence-electron chi connectivity index (χ1n) is 5.22. The molecule has 0 aliphatic rings. The van der Waals surface area contributed by atoms with E-state index in [2.05, 4.69) is 15.7 Å². The van der Waals surface area contributed by atoms with Crippen molar-refractivity contribution in [3.05, 3.63) is 11.9 Å². The maximum absolute atomic E-state index is 11.5. The molecule has 0 bridgehead atoms. The number of aryl methyl sites for hydroxylation is 2. The first-order chi connectivity index (χ1) is 7.93. The summed E-state index contributed by atoms with van der Waals surface area (Å²) >= 11 is 5.53. The molecule has 1 heterocycles. The third-order valence-corrected chi connectivity index (χ3v) is 2.28. The highest BCUT2D eigenvalue weighted by Crippen LogP contribution is 2.13. The van der Waals surface area contributed by atoms with Crippen LogP contribution >= 0.6 is 11.6 Å². The molecule has 1 aromatic rings. The summed E-state index contributed by atoms with van der Waals surface area (Å²) in [4.78, 5) is 22.6. The predicted molar refractivity (Wildman–Crippen MR) is 65.1 cm³/mol. The van der Waals surface area contributed by atoms with E-state index in [1.807, 2.05) is 6.92 Å². The van der Waals surface area contributed by atoms with Gasteiger partial charge in [-0.2, -0.15) is 5.10 Å². The fourth-order valence-corrected chi connectivity index (χ4v) is 1.32. The van der Waals surface area contributed by atoms with E-state index < -0.39 is 17.3 Å². The molecule has 0 aliphatic carbocycles. The van der Waals surface area contributed by atoms with Gasteiger partial charge in [-0.05, 0) is 13.3 Å². The van der Waals surface area contributed by atoms with Crippen LogP contribution in [0.4, 0.5) is 10.5 Å². The number of alkyl halides is 1. The van der Waals surface area contributed by atoms with Crippen LogP contribution in [0.5, 0.6) is 0 Å². The molecule has 0 saturated carbocycles. The number of rotatable bonds is 3. The van der Waals surface area contributed by atoms with Gasteiger partial charge in [-0.25, -0.2) is 4.79 Å². The minimum atomic E-state index is -0.750. The summed E-state index contributed by atoms with van der Waals surface area (Å²) in [6.07, 6.45) is 2.36. The summed E-state index contributed by atoms with van der Waals surface area (Å²) in [5.74, 6) is -0.536. The smallest absolute Gasteiger partial charge is 0.304 e. The van der Waals surface area contributed by atoms with Gasteiger partial charge in [-0.1, -0.05) is 6.92 Å². The van der Waals surface area contributed by atoms with Crippen LogP contribution < -0.4 is 10.6 Å². The minimum Gasteiger partial charge on any atom is -0.304 e. The normalized spacial score (nSPS) is 12.0. The van der Waals surface area contributed by atoms with Gasteiger partial charge in [0.05, 0.1) is 11.4 Å². The lowest BCUT2D eigenvalue weighted by atomic mass is 10.3. The summed E-state index contributed by atoms with van der Waals surface area (Å²) in [5.41, 5.74) is 1.34. The van der Waals surface area contributed by atoms with Gasteiger partial charge in [0.25, 0.3) is 0 Å². The lowest BCUT2D eigenvalue weighted by molar-refractivity contribution is -0.119. The van der Waals surface area contributed by atoms with Crippen LogP contribution in [0.15, 0.2) is 6.20 Å². The van der Waals surface area contributed by atoms with Crippen molar-refractivity contribution in [1.82, 2.24) is 15.1 Å². The average Bonchev–Trinajstić information content (AvgIpc) is 2.58. The molecule has 0 fully saturated rings. The molecule has 0 saturated heterocycles. The maximum atomic E-state index is 11.5. The zero-order valence-corrected chi connectivity index (χ0v) is 10.7. The number of hydrogen-bond acceptors (Lipinski definition) is 3. The molecule has 17 heavy (non-hydrogen) atoms. The summed E-state index contributed by atoms with van der Waals surface area (Å²) in [6, 6.07) is -0.606. The highest BCUT2D eigenvalue weighted by Gasteiger charge is 2.14. The number of anilines is 1. The third-order valence-electron chi connectivity index (χ3n) is 2.09. The number of halogens is 1. The molecule has 0 aliphatic heterocycles. The SMILES string of the molecule is CCc1nn(C)cc1NC(=O)NC(=O)C(C)Cl. The second-order valence-corrected chi connectivity index (χ2v) is 4.23. The number of carbonyl (C=O) groups is 2. The Labute approximate surface area is 104 Å². The number of nitrogens with one attached hydrogen (secondary N) is 2. The number of hydrogen-bond donors (Lipinski definition) is 2. The molecule has 1 aromatic heterocycles. The predicted octanol–water partition coefficient (Wildman–Crippen LogP) is 1.26. The van der Waals surface area contributed by atoms with Gasteiger partial charge in [-0.3, -0.25) is 14.8 Å². The molecule has 2 N–H and O–H groups in total. The van der Waals surface area contributed by atoms with E-state index in [1.54, 1.807) is 17.9 Å². The molecule has 3 amide bonds. The summed E-state index contributed by atoms with van der Waals surface area (Å²) in [6.45, 7) is 3.42. The highest BCUT2D eigenvalue weighted by molar-refractivity contribution is 6.31. The average molecular weight is 259 g/mol. The second-order valence-electron chi connectivity index (χ2n) is 3.58. The largest absolute Gasteiger partial charge is 0.326 e. The Balaban J connectivity index is 2.65. The molecular weight excluding hydrogens is 244 g/mol. The topological polar surface area (TPSA) is 76.0 Å². The van der Waals surface area contributed by atoms with Crippen molar-refractivity contribution >= 4 is 29.2 Å². The maximum Gasteiger partial charge on any atom is 0.326 e. The van der Waals surface area contributed by atoms with E-state index in [9.17, 15) is 9.59 Å². The zero-order valence-electron chi connectivity index (χ0n) is 9.95. The minimum absolute atomic E-state index is 0.536. The van der Waals surface area contributed by atoms with Gasteiger partial charge in [0.15, 0.2) is 0 Å². The van der Waals surface area contributed by atoms with E-state index in [-0.39, 0.29) is 0 Å². The molecule has 0 radical (unpaired) electrons. The van der Waals surface area contributed by atoms with Gasteiger partial charge in [0.1, 0.15) is 5.38 Å². The van der Waals surface area contributed by atoms with Crippen LogP contribution in [0.1, 0.15) is 19.5 Å². The van der Waals surface area contributed by atoms with Crippen LogP contribution in [-0.4, -0.2) is 27.1 Å². The second kappa shape index (κ2) is 5.67. The Hall–Kier alpha value is -1.56. The summed E-state index contributed by atoms with van der Waals surface area (Å²) in [7, 11) is 1.76. The summed E-state index contributed by atoms with van der Waals surface area (Å²) < 4.78 is 1.60. The van der Waals surface area contributed by atoms with Gasteiger partial charge < -0.3 is 5.32 Å². The number of aromatic nitrogens is 2. The van der Waals surface area contributed by atoms with Crippen LogP contribution in [0.25, 0.3) is 0 Å². The zero-order chi connectivity index (χ0) is 13.0. The standard InChI is InChI=1S/C10H15ClN4O2/c1-4-7-8(5-15(3)14-7)12-10(17)13-9(16)6(2)11/h5-6H,4H2,1-3H3,(H2,12,13,16,17). The lowest BCUT2D eigenvalue weighted by Crippen LogP contribution is -2.38. The Morgan fingerprint density at radius 2 is 2.24 bits per heavy atom. The molecular formula is C10H15ClN4O2. The molecule has 6 nitrogen and oxygen atoms in total. The van der Waals surface area contributed by atoms with E-state index in [4.69, 9.17) is 11.6 Å². The van der Waals surface area contributed by atoms with Crippen LogP contribution in [0.2, 0.25) is 0 Å². The Morgan fingerprint density at radius 1 is 1.59 bits per heavy atom. The van der Waals surface area contributed by atoms with Crippen molar-refractivity contribution < 1.29 is 9.59 Å². The van der Waals surface area contributed by atoms with E-state index in [0.717, 1.165) is 5.69 Å². The van der Waals surface area contributed by atoms with Gasteiger partial charge in [0, 0.05) is 13.2 Å². The molecule has 0 aromatic carbocycles. The Kier molecular flexibility index (Phi) is 4.51. The highest BCUT2D eigenvalue weighted by atomic mass is 35.5. The van der Waals surface area contributed by atoms with Crippen molar-refractivity contribution in [2.45, 2.75) is 25.6 Å². The van der Waals surface area contributed by atoms with Gasteiger partial charge in [0.2, 0.25) is 5.91 Å². The van der Waals surface area contributed by atoms with Crippen LogP contribution in [0.3, 0.4) is 0 Å². The Morgan fingerprint density at radius 3 is 2.76 bits per heavy atom. The molecule has 7 heteroatoms. The van der Waals surface area contributed by atoms with Crippen LogP contribution in [0, 0.1) is 0 Å². The van der Waals surface area contributed by atoms with Crippen LogP contribution in [-0.2, 0) is 18.3 Å². The molecule has 1 rings (SSSR count). The molecule has 94 valence electrons. The fourth-order valence-electron chi connectivity index (χ4n) is 1.26. The Bertz CT molecular complexity index is 428. The lowest BCUT2D eigenvalue weighted by Gasteiger charge is -2.06. The first-order valence-corrected chi connectivity index (χ1v) is 5.66. The number of amides is 3. The van der Waals surface area contributed by atoms with Crippen molar-refractivity contribution in [2.24, 2.45) is 7.05 Å². The van der Waals surface area contributed by atoms with Gasteiger partial charge >= 0.3 is 6.03 Å². The van der Waals surface area contributed by atoms with Crippen molar-refractivity contribution in [3.8, 4) is 0 Å². The van der Waals surface area contributed by atoms with E-state index in [1.165, 1.54) is 6.92 Å². The number of imide groups is 1. The monoisotopic (exact) mass is 258 g/mol. The van der Waals surface area contributed by atoms with Gasteiger partial charge in [-0.15, -0.1) is 11.6 Å². The van der Waals surface area contributed by atoms with Crippen molar-refractivity contribution in [3.63, 3.8) is 0 Å². The van der Waals surface area contributed by atoms with E-state index >= 15 is 0 Å². The molecule has 0 spiro atoms. The molecule has 1 unspecified atom stereocenters. The quantitative estimate of drug-likeness (QED) is 0.802. The number of carbonyl (C=O) groups excluding carboxylic acids is 2. The summed E-state index contributed by atoms with van der Waals surface area (Å²) in [5, 5.41) is 8.10. The fraction of sp³-hybridized carbons (Fsp3) is 0.500. The third kappa shape index (κ3) is 3.74. The number of urea groups is 1. The number of nitrogens with zero attached hydrogens (tertiary/aromatic N) is 2. The van der Waals surface area contributed by atoms with Crippen molar-refractivity contribution in [2.75, 3.05) is 5.32 Å². The van der Waals surface area contributed by atoms with Crippen molar-refractivity contribution in [1.29, 1.82) is 0 Å². The first kappa shape index (κ1) is 13.5. The molecule has 1 atom stereocenters. The van der Waals surface area contributed by atoms with E-state index in [0.29, 0.717) is 12.1 Å².